The van der Waals surface area contributed by atoms with Gasteiger partial charge >= 0.3 is 0 Å². The van der Waals surface area contributed by atoms with E-state index in [-0.39, 0.29) is 0 Å². The Kier molecular flexibility index (Phi) is 58.3. The Labute approximate surface area is 543 Å². The quantitative estimate of drug-likeness (QED) is 0.151. The van der Waals surface area contributed by atoms with E-state index in [0.29, 0.717) is 0 Å². The maximum Gasteiger partial charge on any atom is 0.0375 e. The number of nitrogens with zero attached hydrogens (tertiary/aromatic N) is 5. The van der Waals surface area contributed by atoms with Gasteiger partial charge in [0.1, 0.15) is 0 Å². The van der Waals surface area contributed by atoms with Crippen molar-refractivity contribution >= 4 is 33.2 Å². The smallest absolute Gasteiger partial charge is 0.0375 e. The molecule has 0 fully saturated rings. The summed E-state index contributed by atoms with van der Waals surface area (Å²) in [6.07, 6.45) is 18.3. The maximum atomic E-state index is 4.17. The van der Waals surface area contributed by atoms with E-state index < -0.39 is 0 Å². The molecule has 0 atom stereocenters. The number of aryl methyl sites for hydroxylation is 13. The summed E-state index contributed by atoms with van der Waals surface area (Å²) in [6.45, 7) is 65.0. The molecule has 5 aromatic heterocycles. The zero-order valence-corrected chi connectivity index (χ0v) is 62.2. The first-order chi connectivity index (χ1) is 42.5. The Morgan fingerprint density at radius 1 is 0.318 bits per heavy atom. The summed E-state index contributed by atoms with van der Waals surface area (Å²) in [6, 6.07) is 40.3. The molecular formula is C83H127N5. The second-order valence-electron chi connectivity index (χ2n) is 18.6. The van der Waals surface area contributed by atoms with Gasteiger partial charge in [-0.05, 0) is 240 Å². The molecule has 11 rings (SSSR count). The molecule has 2 aliphatic carbocycles. The van der Waals surface area contributed by atoms with Crippen molar-refractivity contribution in [3.05, 3.63) is 254 Å². The van der Waals surface area contributed by atoms with Crippen molar-refractivity contribution in [3.8, 4) is 0 Å². The van der Waals surface area contributed by atoms with E-state index in [9.17, 15) is 0 Å². The minimum atomic E-state index is 1.08. The Morgan fingerprint density at radius 2 is 0.773 bits per heavy atom. The molecule has 5 nitrogen and oxygen atoms in total. The third-order valence-corrected chi connectivity index (χ3v) is 11.9. The van der Waals surface area contributed by atoms with Gasteiger partial charge in [0, 0.05) is 59.5 Å². The van der Waals surface area contributed by atoms with Crippen LogP contribution in [0, 0.1) is 90.0 Å². The molecule has 4 aromatic carbocycles. The van der Waals surface area contributed by atoms with Crippen LogP contribution >= 0.6 is 0 Å². The van der Waals surface area contributed by atoms with Crippen LogP contribution < -0.4 is 0 Å². The molecule has 0 N–H and O–H groups in total. The molecule has 0 amide bonds. The van der Waals surface area contributed by atoms with Gasteiger partial charge in [-0.15, -0.1) is 0 Å². The Hall–Kier alpha value is -7.37. The second-order valence-corrected chi connectivity index (χ2v) is 18.6. The highest BCUT2D eigenvalue weighted by Gasteiger charge is 2.13. The lowest BCUT2D eigenvalue weighted by atomic mass is 9.87. The van der Waals surface area contributed by atoms with Crippen molar-refractivity contribution in [1.29, 1.82) is 0 Å². The van der Waals surface area contributed by atoms with E-state index in [1.54, 1.807) is 0 Å². The highest BCUT2D eigenvalue weighted by molar-refractivity contribution is 6.00. The van der Waals surface area contributed by atoms with Crippen LogP contribution in [-0.4, -0.2) is 24.9 Å². The molecule has 0 saturated heterocycles. The number of hydrogen-bond acceptors (Lipinski definition) is 5. The summed E-state index contributed by atoms with van der Waals surface area (Å²) in [7, 11) is 0. The Bertz CT molecular complexity index is 2940. The number of rotatable bonds is 0. The first-order valence-corrected chi connectivity index (χ1v) is 33.3. The molecule has 9 aromatic rings. The van der Waals surface area contributed by atoms with Crippen LogP contribution in [0.5, 0.6) is 0 Å². The molecule has 0 unspecified atom stereocenters. The third-order valence-electron chi connectivity index (χ3n) is 11.9. The van der Waals surface area contributed by atoms with Gasteiger partial charge in [0.05, 0.1) is 0 Å². The van der Waals surface area contributed by atoms with Gasteiger partial charge in [0.15, 0.2) is 0 Å². The van der Waals surface area contributed by atoms with E-state index >= 15 is 0 Å². The van der Waals surface area contributed by atoms with Gasteiger partial charge in [-0.3, -0.25) is 24.9 Å². The fraction of sp³-hybridized carbons (Fsp3) is 0.410. The molecule has 0 bridgehead atoms. The highest BCUT2D eigenvalue weighted by Crippen LogP contribution is 2.35. The summed E-state index contributed by atoms with van der Waals surface area (Å²) in [4.78, 5) is 20.4. The lowest BCUT2D eigenvalue weighted by Crippen LogP contribution is -1.97. The molecule has 484 valence electrons. The van der Waals surface area contributed by atoms with E-state index in [1.807, 2.05) is 254 Å². The fourth-order valence-electron chi connectivity index (χ4n) is 8.27. The van der Waals surface area contributed by atoms with Crippen LogP contribution in [-0.2, 0) is 12.8 Å². The normalized spacial score (nSPS) is 9.52. The largest absolute Gasteiger partial charge is 0.264 e. The first kappa shape index (κ1) is 89.4. The number of hydrogen-bond donors (Lipinski definition) is 0. The van der Waals surface area contributed by atoms with Gasteiger partial charge < -0.3 is 0 Å². The third kappa shape index (κ3) is 36.1. The molecule has 0 radical (unpaired) electrons. The summed E-state index contributed by atoms with van der Waals surface area (Å²) in [5, 5.41) is 5.77. The van der Waals surface area contributed by atoms with E-state index in [2.05, 4.69) is 157 Å². The first-order valence-electron chi connectivity index (χ1n) is 33.3. The van der Waals surface area contributed by atoms with Crippen LogP contribution in [0.25, 0.3) is 33.2 Å². The highest BCUT2D eigenvalue weighted by atomic mass is 14.7. The zero-order valence-electron chi connectivity index (χ0n) is 62.2. The average molecular weight is 1190 g/mol. The minimum absolute atomic E-state index is 1.08. The van der Waals surface area contributed by atoms with Crippen molar-refractivity contribution in [1.82, 2.24) is 24.9 Å². The van der Waals surface area contributed by atoms with Gasteiger partial charge in [0.2, 0.25) is 0 Å². The van der Waals surface area contributed by atoms with Gasteiger partial charge in [-0.1, -0.05) is 222 Å². The number of aromatic nitrogens is 5. The van der Waals surface area contributed by atoms with Crippen LogP contribution in [0.15, 0.2) is 158 Å². The monoisotopic (exact) mass is 1190 g/mol. The fourth-order valence-corrected chi connectivity index (χ4v) is 8.27. The Balaban J connectivity index is -0.000000296. The van der Waals surface area contributed by atoms with E-state index in [1.165, 1.54) is 93.9 Å². The maximum absolute atomic E-state index is 4.17. The zero-order chi connectivity index (χ0) is 68.7. The van der Waals surface area contributed by atoms with Crippen LogP contribution in [0.4, 0.5) is 0 Å². The van der Waals surface area contributed by atoms with Crippen molar-refractivity contribution < 1.29 is 0 Å². The van der Waals surface area contributed by atoms with E-state index in [4.69, 9.17) is 0 Å². The SMILES string of the molecule is CC.CC.CC.CC.CC.CC.CC.CC.CC.CC1=CCc2cccc3c(C)ccc1c23.Cc1cc(C)c2cccc3c2c1C=CC3.Cc1ccc(C)nc1.Cc1ccc(C)nc1.Cc1cccc(C)n1.Cc1ccnc(C)c1.Cc1cncc(C)c1. The molecule has 0 aliphatic heterocycles. The molecule has 88 heavy (non-hydrogen) atoms. The standard InChI is InChI=1S/2C15H14.5C7H9N.9C2H6/c1-10-9-11(2)14-8-4-6-12-5-3-7-13(10)15(12)14;1-10-6-8-12-4-3-5-13-11(2)7-9-14(10)15(12)13;1-6-3-7(2)5-8-4-6;1-6-3-4-8-7(2)5-6;2*1-6-3-4-7(2)8-5-6;1-6-4-3-5-7(2)8-6;9*1-2/h3-5,7-9H,6H2,1-2H3;3-7,9H,8H2,1-2H3;5*3-5H,1-2H3;9*1-2H3. The number of benzene rings is 4. The van der Waals surface area contributed by atoms with Crippen molar-refractivity contribution in [3.63, 3.8) is 0 Å². The predicted octanol–water partition coefficient (Wildman–Crippen LogP) is 25.9. The van der Waals surface area contributed by atoms with E-state index in [0.717, 1.165) is 41.3 Å². The molecule has 0 spiro atoms. The lowest BCUT2D eigenvalue weighted by molar-refractivity contribution is 1.12. The topological polar surface area (TPSA) is 64.5 Å². The second kappa shape index (κ2) is 57.4. The summed E-state index contributed by atoms with van der Waals surface area (Å²) >= 11 is 0. The van der Waals surface area contributed by atoms with Crippen molar-refractivity contribution in [2.75, 3.05) is 0 Å². The van der Waals surface area contributed by atoms with Crippen molar-refractivity contribution in [2.45, 2.75) is 234 Å². The number of allylic oxidation sites excluding steroid dienone is 3. The van der Waals surface area contributed by atoms with Crippen molar-refractivity contribution in [2.24, 2.45) is 0 Å². The van der Waals surface area contributed by atoms with Gasteiger partial charge in [-0.25, -0.2) is 0 Å². The van der Waals surface area contributed by atoms with Gasteiger partial charge in [-0.2, -0.15) is 0 Å². The average Bonchev–Trinajstić information content (AvgIpc) is 1.73. The summed E-state index contributed by atoms with van der Waals surface area (Å²) < 4.78 is 0. The minimum Gasteiger partial charge on any atom is -0.264 e. The molecule has 5 heteroatoms. The molecule has 5 heterocycles. The van der Waals surface area contributed by atoms with Gasteiger partial charge in [0.25, 0.3) is 0 Å². The predicted molar refractivity (Wildman–Crippen MR) is 403 cm³/mol. The number of pyridine rings is 5. The van der Waals surface area contributed by atoms with Crippen LogP contribution in [0.3, 0.4) is 0 Å². The summed E-state index contributed by atoms with van der Waals surface area (Å²) in [5.41, 5.74) is 22.9. The lowest BCUT2D eigenvalue weighted by Gasteiger charge is -2.17. The molecule has 2 aliphatic rings. The van der Waals surface area contributed by atoms with Crippen LogP contribution in [0.2, 0.25) is 0 Å². The molecular weight excluding hydrogens is 1070 g/mol. The Morgan fingerprint density at radius 3 is 1.15 bits per heavy atom. The molecule has 0 saturated carbocycles. The summed E-state index contributed by atoms with van der Waals surface area (Å²) in [5.74, 6) is 0. The van der Waals surface area contributed by atoms with Crippen LogP contribution in [0.1, 0.15) is 227 Å².